The molecule has 0 bridgehead atoms. The number of aromatic nitrogens is 1. The molecule has 0 atom stereocenters. The van der Waals surface area contributed by atoms with Gasteiger partial charge in [-0.15, -0.1) is 11.8 Å². The largest absolute Gasteiger partial charge is 0.481 e. The molecule has 1 aromatic carbocycles. The van der Waals surface area contributed by atoms with E-state index in [1.165, 1.54) is 12.1 Å². The number of aliphatic carboxylic acids is 1. The standard InChI is InChI=1S/C20H23F2NO2S/c1-13(2)26-19-9-6-8-18(23-19)14-11-16(21)15(17(22)12-14)7-4-3-5-10-20(24)25/h6,8-9,11-13H,3-5,7,10H2,1-2H3,(H,24,25). The van der Waals surface area contributed by atoms with E-state index in [1.807, 2.05) is 12.1 Å². The number of benzene rings is 1. The Kier molecular flexibility index (Phi) is 7.57. The third-order valence-electron chi connectivity index (χ3n) is 3.83. The number of carboxylic acid groups (broad SMARTS) is 1. The zero-order valence-electron chi connectivity index (χ0n) is 15.0. The van der Waals surface area contributed by atoms with Crippen molar-refractivity contribution >= 4 is 17.7 Å². The molecule has 0 aliphatic rings. The van der Waals surface area contributed by atoms with Crippen molar-refractivity contribution in [3.05, 3.63) is 47.5 Å². The number of nitrogens with zero attached hydrogens (tertiary/aromatic N) is 1. The number of halogens is 2. The van der Waals surface area contributed by atoms with Gasteiger partial charge in [0.25, 0.3) is 0 Å². The van der Waals surface area contributed by atoms with Crippen LogP contribution in [0.2, 0.25) is 0 Å². The molecular weight excluding hydrogens is 356 g/mol. The average molecular weight is 379 g/mol. The summed E-state index contributed by atoms with van der Waals surface area (Å²) in [4.78, 5) is 14.9. The maximum absolute atomic E-state index is 14.4. The van der Waals surface area contributed by atoms with Gasteiger partial charge in [0.1, 0.15) is 11.6 Å². The smallest absolute Gasteiger partial charge is 0.303 e. The summed E-state index contributed by atoms with van der Waals surface area (Å²) in [5, 5.41) is 9.79. The van der Waals surface area contributed by atoms with Gasteiger partial charge in [0.2, 0.25) is 0 Å². The van der Waals surface area contributed by atoms with Gasteiger partial charge >= 0.3 is 5.97 Å². The number of hydrogen-bond acceptors (Lipinski definition) is 3. The van der Waals surface area contributed by atoms with Crippen LogP contribution in [-0.2, 0) is 11.2 Å². The molecule has 2 rings (SSSR count). The third kappa shape index (κ3) is 6.09. The summed E-state index contributed by atoms with van der Waals surface area (Å²) >= 11 is 1.60. The first-order chi connectivity index (χ1) is 12.4. The molecule has 0 aliphatic carbocycles. The summed E-state index contributed by atoms with van der Waals surface area (Å²) in [6.45, 7) is 4.12. The zero-order chi connectivity index (χ0) is 19.1. The number of carboxylic acids is 1. The predicted molar refractivity (Wildman–Crippen MR) is 100 cm³/mol. The number of hydrogen-bond donors (Lipinski definition) is 1. The normalized spacial score (nSPS) is 11.1. The highest BCUT2D eigenvalue weighted by Crippen LogP contribution is 2.27. The maximum Gasteiger partial charge on any atom is 0.303 e. The Morgan fingerprint density at radius 2 is 1.85 bits per heavy atom. The Balaban J connectivity index is 2.10. The lowest BCUT2D eigenvalue weighted by Crippen LogP contribution is -1.99. The topological polar surface area (TPSA) is 50.2 Å². The third-order valence-corrected chi connectivity index (χ3v) is 4.77. The van der Waals surface area contributed by atoms with Crippen molar-refractivity contribution in [2.24, 2.45) is 0 Å². The second-order valence-electron chi connectivity index (χ2n) is 6.40. The summed E-state index contributed by atoms with van der Waals surface area (Å²) < 4.78 is 28.8. The molecule has 0 amide bonds. The molecule has 26 heavy (non-hydrogen) atoms. The fraction of sp³-hybridized carbons (Fsp3) is 0.400. The van der Waals surface area contributed by atoms with E-state index in [1.54, 1.807) is 17.8 Å². The van der Waals surface area contributed by atoms with Crippen molar-refractivity contribution < 1.29 is 18.7 Å². The van der Waals surface area contributed by atoms with E-state index in [2.05, 4.69) is 18.8 Å². The molecule has 0 radical (unpaired) electrons. The minimum atomic E-state index is -0.850. The van der Waals surface area contributed by atoms with Crippen LogP contribution in [0.4, 0.5) is 8.78 Å². The summed E-state index contributed by atoms with van der Waals surface area (Å²) in [5.41, 5.74) is 1.01. The quantitative estimate of drug-likeness (QED) is 0.447. The highest BCUT2D eigenvalue weighted by Gasteiger charge is 2.13. The van der Waals surface area contributed by atoms with Crippen LogP contribution >= 0.6 is 11.8 Å². The average Bonchev–Trinajstić information content (AvgIpc) is 2.56. The van der Waals surface area contributed by atoms with Gasteiger partial charge in [-0.3, -0.25) is 4.79 Å². The second kappa shape index (κ2) is 9.67. The van der Waals surface area contributed by atoms with Crippen molar-refractivity contribution in [1.29, 1.82) is 0 Å². The lowest BCUT2D eigenvalue weighted by Gasteiger charge is -2.10. The van der Waals surface area contributed by atoms with Gasteiger partial charge in [-0.25, -0.2) is 13.8 Å². The highest BCUT2D eigenvalue weighted by atomic mass is 32.2. The molecule has 2 aromatic rings. The van der Waals surface area contributed by atoms with Crippen LogP contribution in [0.1, 0.15) is 45.1 Å². The summed E-state index contributed by atoms with van der Waals surface area (Å²) in [7, 11) is 0. The van der Waals surface area contributed by atoms with Crippen LogP contribution in [0.25, 0.3) is 11.3 Å². The Hall–Kier alpha value is -1.95. The molecule has 1 aromatic heterocycles. The molecular formula is C20H23F2NO2S. The summed E-state index contributed by atoms with van der Waals surface area (Å²) in [6.07, 6.45) is 2.04. The van der Waals surface area contributed by atoms with Crippen LogP contribution in [-0.4, -0.2) is 21.3 Å². The summed E-state index contributed by atoms with van der Waals surface area (Å²) in [6, 6.07) is 8.10. The molecule has 0 saturated heterocycles. The Morgan fingerprint density at radius 1 is 1.15 bits per heavy atom. The van der Waals surface area contributed by atoms with E-state index in [-0.39, 0.29) is 18.4 Å². The van der Waals surface area contributed by atoms with E-state index in [0.29, 0.717) is 35.8 Å². The van der Waals surface area contributed by atoms with Crippen LogP contribution in [0.5, 0.6) is 0 Å². The zero-order valence-corrected chi connectivity index (χ0v) is 15.8. The first-order valence-corrected chi connectivity index (χ1v) is 9.58. The Labute approximate surface area is 156 Å². The Morgan fingerprint density at radius 3 is 2.46 bits per heavy atom. The summed E-state index contributed by atoms with van der Waals surface area (Å²) in [5.74, 6) is -2.01. The molecule has 1 N–H and O–H groups in total. The molecule has 1 heterocycles. The van der Waals surface area contributed by atoms with Crippen molar-refractivity contribution in [3.63, 3.8) is 0 Å². The molecule has 6 heteroatoms. The van der Waals surface area contributed by atoms with E-state index in [9.17, 15) is 13.6 Å². The van der Waals surface area contributed by atoms with Crippen LogP contribution < -0.4 is 0 Å². The fourth-order valence-corrected chi connectivity index (χ4v) is 3.42. The minimum Gasteiger partial charge on any atom is -0.481 e. The van der Waals surface area contributed by atoms with Gasteiger partial charge in [0, 0.05) is 22.8 Å². The predicted octanol–water partition coefficient (Wildman–Crippen LogP) is 5.71. The molecule has 140 valence electrons. The van der Waals surface area contributed by atoms with Gasteiger partial charge in [0.05, 0.1) is 10.7 Å². The number of carbonyl (C=O) groups is 1. The number of pyridine rings is 1. The molecule has 0 spiro atoms. The lowest BCUT2D eigenvalue weighted by atomic mass is 10.0. The second-order valence-corrected chi connectivity index (χ2v) is 8.00. The van der Waals surface area contributed by atoms with Crippen molar-refractivity contribution in [1.82, 2.24) is 4.98 Å². The highest BCUT2D eigenvalue weighted by molar-refractivity contribution is 7.99. The molecule has 3 nitrogen and oxygen atoms in total. The van der Waals surface area contributed by atoms with E-state index in [4.69, 9.17) is 5.11 Å². The van der Waals surface area contributed by atoms with Gasteiger partial charge < -0.3 is 5.11 Å². The number of unbranched alkanes of at least 4 members (excludes halogenated alkanes) is 2. The fourth-order valence-electron chi connectivity index (χ4n) is 2.63. The van der Waals surface area contributed by atoms with Gasteiger partial charge in [-0.1, -0.05) is 26.3 Å². The molecule has 0 aliphatic heterocycles. The van der Waals surface area contributed by atoms with Crippen LogP contribution in [0.15, 0.2) is 35.4 Å². The molecule has 0 unspecified atom stereocenters. The van der Waals surface area contributed by atoms with Gasteiger partial charge in [0.15, 0.2) is 0 Å². The lowest BCUT2D eigenvalue weighted by molar-refractivity contribution is -0.137. The van der Waals surface area contributed by atoms with Crippen molar-refractivity contribution in [3.8, 4) is 11.3 Å². The van der Waals surface area contributed by atoms with E-state index >= 15 is 0 Å². The van der Waals surface area contributed by atoms with Crippen molar-refractivity contribution in [2.45, 2.75) is 56.2 Å². The molecule has 0 saturated carbocycles. The van der Waals surface area contributed by atoms with E-state index < -0.39 is 17.6 Å². The minimum absolute atomic E-state index is 0.0526. The first kappa shape index (κ1) is 20.4. The van der Waals surface area contributed by atoms with Gasteiger partial charge in [-0.05, 0) is 43.5 Å². The number of thioether (sulfide) groups is 1. The first-order valence-electron chi connectivity index (χ1n) is 8.70. The maximum atomic E-state index is 14.4. The SMILES string of the molecule is CC(C)Sc1cccc(-c2cc(F)c(CCCCCC(=O)O)c(F)c2)n1. The van der Waals surface area contributed by atoms with Crippen LogP contribution in [0.3, 0.4) is 0 Å². The number of rotatable bonds is 9. The monoisotopic (exact) mass is 379 g/mol. The van der Waals surface area contributed by atoms with E-state index in [0.717, 1.165) is 5.03 Å². The Bertz CT molecular complexity index is 742. The van der Waals surface area contributed by atoms with Crippen LogP contribution in [0, 0.1) is 11.6 Å². The van der Waals surface area contributed by atoms with Gasteiger partial charge in [-0.2, -0.15) is 0 Å². The molecule has 0 fully saturated rings. The van der Waals surface area contributed by atoms with Crippen molar-refractivity contribution in [2.75, 3.05) is 0 Å².